The van der Waals surface area contributed by atoms with Gasteiger partial charge in [0.1, 0.15) is 6.10 Å². The van der Waals surface area contributed by atoms with Crippen molar-refractivity contribution in [2.75, 3.05) is 5.75 Å². The highest BCUT2D eigenvalue weighted by atomic mass is 32.2. The van der Waals surface area contributed by atoms with E-state index in [0.29, 0.717) is 12.8 Å². The van der Waals surface area contributed by atoms with Crippen LogP contribution in [0.5, 0.6) is 0 Å². The Hall–Kier alpha value is -1.48. The zero-order chi connectivity index (χ0) is 37.0. The minimum atomic E-state index is -4.45. The molecule has 0 saturated carbocycles. The lowest BCUT2D eigenvalue weighted by Gasteiger charge is -2.22. The predicted molar refractivity (Wildman–Crippen MR) is 213 cm³/mol. The smallest absolute Gasteiger partial charge is 0.267 e. The Bertz CT molecular complexity index is 948. The van der Waals surface area contributed by atoms with E-state index >= 15 is 0 Å². The monoisotopic (exact) mass is 726 g/mol. The molecular formula is C42H79NO6S. The van der Waals surface area contributed by atoms with E-state index in [4.69, 9.17) is 0 Å². The van der Waals surface area contributed by atoms with Gasteiger partial charge in [-0.05, 0) is 44.9 Å². The maximum atomic E-state index is 12.6. The molecule has 8 heteroatoms. The first-order valence-corrected chi connectivity index (χ1v) is 22.4. The maximum absolute atomic E-state index is 12.6. The molecule has 0 aliphatic heterocycles. The van der Waals surface area contributed by atoms with Crippen molar-refractivity contribution in [2.24, 2.45) is 0 Å². The second-order valence-electron chi connectivity index (χ2n) is 14.4. The molecule has 0 spiro atoms. The van der Waals surface area contributed by atoms with Gasteiger partial charge in [-0.2, -0.15) is 8.42 Å². The van der Waals surface area contributed by atoms with Gasteiger partial charge in [0, 0.05) is 0 Å². The first kappa shape index (κ1) is 48.5. The molecule has 7 nitrogen and oxygen atoms in total. The molecule has 0 heterocycles. The fraction of sp³-hybridized carbons (Fsp3) is 0.833. The molecule has 294 valence electrons. The van der Waals surface area contributed by atoms with Crippen molar-refractivity contribution in [3.8, 4) is 0 Å². The molecule has 0 aromatic rings. The van der Waals surface area contributed by atoms with Crippen molar-refractivity contribution in [3.63, 3.8) is 0 Å². The van der Waals surface area contributed by atoms with Gasteiger partial charge in [-0.15, -0.1) is 0 Å². The van der Waals surface area contributed by atoms with E-state index in [1.165, 1.54) is 128 Å². The lowest BCUT2D eigenvalue weighted by atomic mass is 10.0. The third-order valence-electron chi connectivity index (χ3n) is 9.40. The van der Waals surface area contributed by atoms with Crippen molar-refractivity contribution in [1.82, 2.24) is 5.32 Å². The minimum Gasteiger partial charge on any atom is -0.387 e. The molecule has 0 aliphatic rings. The van der Waals surface area contributed by atoms with Crippen LogP contribution in [0.3, 0.4) is 0 Å². The van der Waals surface area contributed by atoms with Crippen molar-refractivity contribution in [2.45, 2.75) is 218 Å². The quantitative estimate of drug-likeness (QED) is 0.0287. The van der Waals surface area contributed by atoms with E-state index in [1.807, 2.05) is 0 Å². The Balaban J connectivity index is 4.09. The average molecular weight is 726 g/mol. The van der Waals surface area contributed by atoms with Crippen LogP contribution in [-0.4, -0.2) is 53.1 Å². The normalized spacial score (nSPS) is 14.3. The number of carbonyl (C=O) groups excluding carboxylic acids is 1. The van der Waals surface area contributed by atoms with E-state index in [1.54, 1.807) is 6.08 Å². The van der Waals surface area contributed by atoms with E-state index in [0.717, 1.165) is 44.9 Å². The van der Waals surface area contributed by atoms with Crippen molar-refractivity contribution >= 4 is 16.0 Å². The zero-order valence-electron chi connectivity index (χ0n) is 32.4. The molecule has 0 aromatic carbocycles. The van der Waals surface area contributed by atoms with Gasteiger partial charge in [0.25, 0.3) is 10.1 Å². The Morgan fingerprint density at radius 1 is 0.540 bits per heavy atom. The number of nitrogens with one attached hydrogen (secondary N) is 1. The first-order valence-electron chi connectivity index (χ1n) is 20.8. The van der Waals surface area contributed by atoms with E-state index < -0.39 is 40.0 Å². The average Bonchev–Trinajstić information content (AvgIpc) is 3.08. The van der Waals surface area contributed by atoms with Crippen LogP contribution in [0.1, 0.15) is 200 Å². The van der Waals surface area contributed by atoms with E-state index in [-0.39, 0.29) is 6.42 Å². The molecule has 0 fully saturated rings. The van der Waals surface area contributed by atoms with Crippen molar-refractivity contribution in [3.05, 3.63) is 36.5 Å². The molecule has 1 amide bonds. The summed E-state index contributed by atoms with van der Waals surface area (Å²) in [7, 11) is -4.45. The number of unbranched alkanes of at least 4 members (excludes halogenated alkanes) is 24. The van der Waals surface area contributed by atoms with Crippen LogP contribution in [0.25, 0.3) is 0 Å². The highest BCUT2D eigenvalue weighted by Crippen LogP contribution is 2.15. The van der Waals surface area contributed by atoms with Gasteiger partial charge < -0.3 is 15.5 Å². The SMILES string of the molecule is CCCCCCCC/C=C/CC/C=C/CC/C=C/C(O)C(CS(=O)(=O)O)NC(=O)C(O)CCCCCCCCCCCCCCCCCCC. The number of rotatable bonds is 37. The van der Waals surface area contributed by atoms with Gasteiger partial charge in [0.05, 0.1) is 17.9 Å². The molecule has 3 atom stereocenters. The molecule has 0 radical (unpaired) electrons. The molecule has 0 saturated heterocycles. The lowest BCUT2D eigenvalue weighted by molar-refractivity contribution is -0.130. The fourth-order valence-electron chi connectivity index (χ4n) is 6.19. The predicted octanol–water partition coefficient (Wildman–Crippen LogP) is 11.1. The summed E-state index contributed by atoms with van der Waals surface area (Å²) in [5, 5.41) is 23.4. The molecular weight excluding hydrogens is 647 g/mol. The largest absolute Gasteiger partial charge is 0.387 e. The van der Waals surface area contributed by atoms with Gasteiger partial charge >= 0.3 is 0 Å². The molecule has 0 aromatic heterocycles. The van der Waals surface area contributed by atoms with Gasteiger partial charge in [-0.3, -0.25) is 9.35 Å². The summed E-state index contributed by atoms with van der Waals surface area (Å²) >= 11 is 0. The number of allylic oxidation sites excluding steroid dienone is 5. The maximum Gasteiger partial charge on any atom is 0.267 e. The van der Waals surface area contributed by atoms with Gasteiger partial charge in [-0.25, -0.2) is 0 Å². The summed E-state index contributed by atoms with van der Waals surface area (Å²) in [5.41, 5.74) is 0. The molecule has 0 bridgehead atoms. The van der Waals surface area contributed by atoms with Gasteiger partial charge in [0.15, 0.2) is 0 Å². The van der Waals surface area contributed by atoms with Crippen LogP contribution in [0.15, 0.2) is 36.5 Å². The second-order valence-corrected chi connectivity index (χ2v) is 15.9. The van der Waals surface area contributed by atoms with Gasteiger partial charge in [-0.1, -0.05) is 192 Å². The van der Waals surface area contributed by atoms with Crippen LogP contribution in [0, 0.1) is 0 Å². The highest BCUT2D eigenvalue weighted by molar-refractivity contribution is 7.85. The Morgan fingerprint density at radius 2 is 0.900 bits per heavy atom. The van der Waals surface area contributed by atoms with Crippen molar-refractivity contribution < 1.29 is 28.0 Å². The number of hydrogen-bond donors (Lipinski definition) is 4. The van der Waals surface area contributed by atoms with Crippen LogP contribution >= 0.6 is 0 Å². The number of amides is 1. The zero-order valence-corrected chi connectivity index (χ0v) is 33.2. The Kier molecular flexibility index (Phi) is 34.8. The molecule has 50 heavy (non-hydrogen) atoms. The Morgan fingerprint density at radius 3 is 1.32 bits per heavy atom. The number of aliphatic hydroxyl groups excluding tert-OH is 2. The number of hydrogen-bond acceptors (Lipinski definition) is 5. The lowest BCUT2D eigenvalue weighted by Crippen LogP contribution is -2.50. The minimum absolute atomic E-state index is 0.274. The van der Waals surface area contributed by atoms with Gasteiger partial charge in [0.2, 0.25) is 5.91 Å². The van der Waals surface area contributed by atoms with Crippen LogP contribution < -0.4 is 5.32 Å². The van der Waals surface area contributed by atoms with Crippen LogP contribution in [-0.2, 0) is 14.9 Å². The third kappa shape index (κ3) is 34.9. The third-order valence-corrected chi connectivity index (χ3v) is 10.2. The summed E-state index contributed by atoms with van der Waals surface area (Å²) < 4.78 is 32.5. The highest BCUT2D eigenvalue weighted by Gasteiger charge is 2.27. The molecule has 0 rings (SSSR count). The molecule has 4 N–H and O–H groups in total. The standard InChI is InChI=1S/C42H79NO6S/c1-3-5-7-9-11-13-15-17-19-21-23-25-27-29-31-33-35-37-41(45)42(46)43-39(38-50(47,48)49)40(44)36-34-32-30-28-26-24-22-20-18-16-14-12-10-8-6-4-2/h18,20,26,28,34,36,39-41,44-45H,3-17,19,21-25,27,29-33,35,37-38H2,1-2H3,(H,43,46)(H,47,48,49)/b20-18+,28-26+,36-34+. The summed E-state index contributed by atoms with van der Waals surface area (Å²) in [6, 6.07) is -1.25. The fourth-order valence-corrected chi connectivity index (χ4v) is 6.93. The van der Waals surface area contributed by atoms with E-state index in [9.17, 15) is 28.0 Å². The topological polar surface area (TPSA) is 124 Å². The number of aliphatic hydroxyl groups is 2. The summed E-state index contributed by atoms with van der Waals surface area (Å²) in [5.74, 6) is -1.56. The van der Waals surface area contributed by atoms with Crippen LogP contribution in [0.4, 0.5) is 0 Å². The molecule has 0 aliphatic carbocycles. The number of carbonyl (C=O) groups is 1. The molecule has 3 unspecified atom stereocenters. The van der Waals surface area contributed by atoms with Crippen molar-refractivity contribution in [1.29, 1.82) is 0 Å². The van der Waals surface area contributed by atoms with Crippen LogP contribution in [0.2, 0.25) is 0 Å². The Labute approximate surface area is 309 Å². The first-order chi connectivity index (χ1) is 24.2. The summed E-state index contributed by atoms with van der Waals surface area (Å²) in [4.78, 5) is 12.6. The summed E-state index contributed by atoms with van der Waals surface area (Å²) in [6.07, 6.45) is 43.4. The van der Waals surface area contributed by atoms with E-state index in [2.05, 4.69) is 43.5 Å². The summed E-state index contributed by atoms with van der Waals surface area (Å²) in [6.45, 7) is 4.50. The second kappa shape index (κ2) is 35.9.